The average Bonchev–Trinajstić information content (AvgIpc) is 2.71. The summed E-state index contributed by atoms with van der Waals surface area (Å²) >= 11 is 0. The van der Waals surface area contributed by atoms with Crippen LogP contribution in [0.3, 0.4) is 0 Å². The summed E-state index contributed by atoms with van der Waals surface area (Å²) in [6.07, 6.45) is 0. The van der Waals surface area contributed by atoms with E-state index in [2.05, 4.69) is 0 Å². The van der Waals surface area contributed by atoms with E-state index in [-0.39, 0.29) is 12.4 Å². The highest BCUT2D eigenvalue weighted by Crippen LogP contribution is 2.36. The Labute approximate surface area is 110 Å². The molecule has 5 heteroatoms. The number of fused-ring (bicyclic) bond motifs is 3. The summed E-state index contributed by atoms with van der Waals surface area (Å²) in [5.41, 5.74) is 3.60. The molecule has 0 saturated heterocycles. The number of ketones is 1. The fourth-order valence-corrected chi connectivity index (χ4v) is 2.40. The highest BCUT2D eigenvalue weighted by Gasteiger charge is 2.28. The third kappa shape index (κ3) is 1.79. The van der Waals surface area contributed by atoms with Crippen molar-refractivity contribution in [2.45, 2.75) is 6.61 Å². The van der Waals surface area contributed by atoms with E-state index in [4.69, 9.17) is 5.11 Å². The molecule has 0 aliphatic heterocycles. The SMILES string of the molecule is O=C1c2cc(CO)ccc2-c2cc(B(O)O)ccc21. The number of rotatable bonds is 2. The molecule has 0 atom stereocenters. The number of aliphatic hydroxyl groups is 1. The molecule has 2 aromatic carbocycles. The van der Waals surface area contributed by atoms with Gasteiger partial charge < -0.3 is 15.2 Å². The summed E-state index contributed by atoms with van der Waals surface area (Å²) in [7, 11) is -1.55. The molecule has 0 heterocycles. The molecule has 0 bridgehead atoms. The second-order valence-electron chi connectivity index (χ2n) is 4.55. The molecule has 0 radical (unpaired) electrons. The smallest absolute Gasteiger partial charge is 0.423 e. The van der Waals surface area contributed by atoms with Gasteiger partial charge >= 0.3 is 7.12 Å². The number of benzene rings is 2. The van der Waals surface area contributed by atoms with Crippen LogP contribution >= 0.6 is 0 Å². The first-order valence-electron chi connectivity index (χ1n) is 5.91. The van der Waals surface area contributed by atoms with Gasteiger partial charge in [0, 0.05) is 11.1 Å². The molecule has 1 aliphatic carbocycles. The van der Waals surface area contributed by atoms with Crippen molar-refractivity contribution in [2.75, 3.05) is 0 Å². The Hall–Kier alpha value is -1.95. The Kier molecular flexibility index (Phi) is 2.75. The molecular formula is C14H11BO4. The molecule has 2 aromatic rings. The second kappa shape index (κ2) is 4.31. The van der Waals surface area contributed by atoms with E-state index in [1.54, 1.807) is 30.3 Å². The third-order valence-electron chi connectivity index (χ3n) is 3.39. The van der Waals surface area contributed by atoms with Gasteiger partial charge in [0.25, 0.3) is 0 Å². The molecule has 19 heavy (non-hydrogen) atoms. The van der Waals surface area contributed by atoms with Crippen molar-refractivity contribution in [3.63, 3.8) is 0 Å². The molecule has 0 fully saturated rings. The van der Waals surface area contributed by atoms with Crippen molar-refractivity contribution in [1.82, 2.24) is 0 Å². The highest BCUT2D eigenvalue weighted by atomic mass is 16.4. The topological polar surface area (TPSA) is 77.8 Å². The van der Waals surface area contributed by atoms with E-state index in [1.807, 2.05) is 0 Å². The summed E-state index contributed by atoms with van der Waals surface area (Å²) in [6, 6.07) is 9.95. The van der Waals surface area contributed by atoms with Crippen molar-refractivity contribution in [1.29, 1.82) is 0 Å². The molecule has 94 valence electrons. The predicted octanol–water partition coefficient (Wildman–Crippen LogP) is 0.0701. The van der Waals surface area contributed by atoms with Gasteiger partial charge in [-0.2, -0.15) is 0 Å². The van der Waals surface area contributed by atoms with Gasteiger partial charge in [-0.05, 0) is 28.2 Å². The maximum Gasteiger partial charge on any atom is 0.488 e. The Morgan fingerprint density at radius 1 is 0.895 bits per heavy atom. The molecule has 0 saturated carbocycles. The Bertz CT molecular complexity index is 679. The van der Waals surface area contributed by atoms with Crippen LogP contribution in [-0.4, -0.2) is 28.1 Å². The minimum Gasteiger partial charge on any atom is -0.423 e. The zero-order valence-electron chi connectivity index (χ0n) is 10.00. The van der Waals surface area contributed by atoms with Gasteiger partial charge in [-0.25, -0.2) is 0 Å². The van der Waals surface area contributed by atoms with Crippen LogP contribution in [0, 0.1) is 0 Å². The van der Waals surface area contributed by atoms with E-state index in [1.165, 1.54) is 6.07 Å². The van der Waals surface area contributed by atoms with Crippen molar-refractivity contribution >= 4 is 18.4 Å². The zero-order chi connectivity index (χ0) is 13.6. The van der Waals surface area contributed by atoms with E-state index in [0.717, 1.165) is 5.56 Å². The number of carbonyl (C=O) groups excluding carboxylic acids is 1. The minimum atomic E-state index is -1.55. The zero-order valence-corrected chi connectivity index (χ0v) is 10.00. The van der Waals surface area contributed by atoms with Gasteiger partial charge in [0.1, 0.15) is 0 Å². The number of hydrogen-bond acceptors (Lipinski definition) is 4. The van der Waals surface area contributed by atoms with Crippen LogP contribution in [0.25, 0.3) is 11.1 Å². The van der Waals surface area contributed by atoms with Gasteiger partial charge in [0.05, 0.1) is 6.61 Å². The van der Waals surface area contributed by atoms with Crippen LogP contribution in [0.15, 0.2) is 36.4 Å². The molecule has 3 rings (SSSR count). The first-order chi connectivity index (χ1) is 9.11. The number of aliphatic hydroxyl groups excluding tert-OH is 1. The molecule has 0 amide bonds. The minimum absolute atomic E-state index is 0.0979. The lowest BCUT2D eigenvalue weighted by Gasteiger charge is -2.04. The van der Waals surface area contributed by atoms with E-state index in [0.29, 0.717) is 27.7 Å². The molecule has 1 aliphatic rings. The lowest BCUT2D eigenvalue weighted by Crippen LogP contribution is -2.29. The summed E-state index contributed by atoms with van der Waals surface area (Å²) in [4.78, 5) is 12.2. The Balaban J connectivity index is 2.21. The van der Waals surface area contributed by atoms with Crippen LogP contribution < -0.4 is 5.46 Å². The highest BCUT2D eigenvalue weighted by molar-refractivity contribution is 6.58. The summed E-state index contributed by atoms with van der Waals surface area (Å²) in [6.45, 7) is -0.114. The quantitative estimate of drug-likeness (QED) is 0.565. The molecule has 0 unspecified atom stereocenters. The monoisotopic (exact) mass is 254 g/mol. The van der Waals surface area contributed by atoms with Crippen molar-refractivity contribution in [3.05, 3.63) is 53.1 Å². The maximum atomic E-state index is 12.2. The number of carbonyl (C=O) groups is 1. The predicted molar refractivity (Wildman–Crippen MR) is 71.1 cm³/mol. The van der Waals surface area contributed by atoms with Gasteiger partial charge in [-0.15, -0.1) is 0 Å². The van der Waals surface area contributed by atoms with Crippen LogP contribution in [0.5, 0.6) is 0 Å². The van der Waals surface area contributed by atoms with Crippen LogP contribution in [0.1, 0.15) is 21.5 Å². The van der Waals surface area contributed by atoms with Gasteiger partial charge in [0.2, 0.25) is 0 Å². The van der Waals surface area contributed by atoms with Crippen molar-refractivity contribution in [3.8, 4) is 11.1 Å². The van der Waals surface area contributed by atoms with Crippen molar-refractivity contribution in [2.24, 2.45) is 0 Å². The average molecular weight is 254 g/mol. The molecule has 0 aromatic heterocycles. The van der Waals surface area contributed by atoms with Crippen molar-refractivity contribution < 1.29 is 19.9 Å². The van der Waals surface area contributed by atoms with E-state index in [9.17, 15) is 14.8 Å². The van der Waals surface area contributed by atoms with Gasteiger partial charge in [-0.1, -0.05) is 30.3 Å². The lowest BCUT2D eigenvalue weighted by atomic mass is 9.79. The largest absolute Gasteiger partial charge is 0.488 e. The summed E-state index contributed by atoms with van der Waals surface area (Å²) in [5, 5.41) is 27.5. The fraction of sp³-hybridized carbons (Fsp3) is 0.0714. The standard InChI is InChI=1S/C14H11BO4/c16-7-8-1-3-10-12-6-9(15(18)19)2-4-11(12)14(17)13(10)5-8/h1-6,16,18-19H,7H2. The van der Waals surface area contributed by atoms with Gasteiger partial charge in [-0.3, -0.25) is 4.79 Å². The molecule has 0 spiro atoms. The first-order valence-corrected chi connectivity index (χ1v) is 5.91. The molecular weight excluding hydrogens is 243 g/mol. The fourth-order valence-electron chi connectivity index (χ4n) is 2.40. The Morgan fingerprint density at radius 2 is 1.63 bits per heavy atom. The molecule has 3 N–H and O–H groups in total. The number of hydrogen-bond donors (Lipinski definition) is 3. The molecule has 4 nitrogen and oxygen atoms in total. The lowest BCUT2D eigenvalue weighted by molar-refractivity contribution is 0.104. The normalized spacial score (nSPS) is 12.3. The van der Waals surface area contributed by atoms with Gasteiger partial charge in [0.15, 0.2) is 5.78 Å². The summed E-state index contributed by atoms with van der Waals surface area (Å²) in [5.74, 6) is -0.0979. The maximum absolute atomic E-state index is 12.2. The van der Waals surface area contributed by atoms with Crippen LogP contribution in [0.2, 0.25) is 0 Å². The van der Waals surface area contributed by atoms with Crippen LogP contribution in [0.4, 0.5) is 0 Å². The second-order valence-corrected chi connectivity index (χ2v) is 4.55. The summed E-state index contributed by atoms with van der Waals surface area (Å²) < 4.78 is 0. The van der Waals surface area contributed by atoms with E-state index >= 15 is 0 Å². The Morgan fingerprint density at radius 3 is 2.32 bits per heavy atom. The van der Waals surface area contributed by atoms with E-state index < -0.39 is 7.12 Å². The van der Waals surface area contributed by atoms with Crippen LogP contribution in [-0.2, 0) is 6.61 Å². The third-order valence-corrected chi connectivity index (χ3v) is 3.39. The first kappa shape index (κ1) is 12.1.